The number of aromatic nitrogens is 2. The molecule has 1 aliphatic rings. The SMILES string of the molecule is CC(C)(C)[Si](C)(C)O[C@@H]1C/C(=C/I)O[C@H]1n1ccc(=O)n(COCc2ccccc2)c1=O. The average molecular weight is 571 g/mol. The Labute approximate surface area is 203 Å². The highest BCUT2D eigenvalue weighted by atomic mass is 127. The standard InChI is InChI=1S/C23H31IN2O5Si/c1-23(2,3)32(4,5)31-19-13-18(14-24)30-21(19)25-12-11-20(27)26(22(25)28)16-29-15-17-9-7-6-8-10-17/h6-12,14,19,21H,13,15-16H2,1-5H3/b18-14-/t19-,21-/m1/s1. The van der Waals surface area contributed by atoms with Crippen LogP contribution in [0.25, 0.3) is 0 Å². The molecule has 1 saturated heterocycles. The van der Waals surface area contributed by atoms with Crippen LogP contribution in [0.2, 0.25) is 18.1 Å². The Morgan fingerprint density at radius 2 is 1.88 bits per heavy atom. The number of benzene rings is 1. The Balaban J connectivity index is 1.85. The Bertz CT molecular complexity index is 1070. The molecule has 0 spiro atoms. The van der Waals surface area contributed by atoms with E-state index in [2.05, 4.69) is 56.5 Å². The van der Waals surface area contributed by atoms with Gasteiger partial charge in [-0.25, -0.2) is 9.36 Å². The molecule has 0 aliphatic carbocycles. The van der Waals surface area contributed by atoms with E-state index in [0.29, 0.717) is 13.0 Å². The maximum Gasteiger partial charge on any atom is 0.335 e. The van der Waals surface area contributed by atoms with Crippen molar-refractivity contribution in [3.8, 4) is 0 Å². The monoisotopic (exact) mass is 570 g/mol. The van der Waals surface area contributed by atoms with Crippen molar-refractivity contribution in [2.24, 2.45) is 0 Å². The van der Waals surface area contributed by atoms with Crippen molar-refractivity contribution in [3.63, 3.8) is 0 Å². The van der Waals surface area contributed by atoms with E-state index in [1.54, 1.807) is 0 Å². The van der Waals surface area contributed by atoms with Gasteiger partial charge in [0.1, 0.15) is 18.6 Å². The maximum absolute atomic E-state index is 13.2. The van der Waals surface area contributed by atoms with Crippen LogP contribution in [-0.4, -0.2) is 23.6 Å². The fourth-order valence-corrected chi connectivity index (χ4v) is 4.92. The molecule has 32 heavy (non-hydrogen) atoms. The second-order valence-corrected chi connectivity index (χ2v) is 14.8. The third-order valence-electron chi connectivity index (χ3n) is 6.07. The van der Waals surface area contributed by atoms with Gasteiger partial charge in [0, 0.05) is 22.8 Å². The molecule has 0 bridgehead atoms. The van der Waals surface area contributed by atoms with Crippen molar-refractivity contribution in [1.29, 1.82) is 0 Å². The second kappa shape index (κ2) is 10.1. The molecule has 2 aromatic rings. The van der Waals surface area contributed by atoms with Gasteiger partial charge in [0.15, 0.2) is 8.32 Å². The highest BCUT2D eigenvalue weighted by molar-refractivity contribution is 14.1. The molecule has 2 heterocycles. The fraction of sp³-hybridized carbons (Fsp3) is 0.478. The predicted octanol–water partition coefficient (Wildman–Crippen LogP) is 4.77. The van der Waals surface area contributed by atoms with E-state index in [-0.39, 0.29) is 17.9 Å². The molecule has 0 unspecified atom stereocenters. The molecule has 1 aromatic heterocycles. The summed E-state index contributed by atoms with van der Waals surface area (Å²) in [5.41, 5.74) is 0.0773. The van der Waals surface area contributed by atoms with E-state index in [1.165, 1.54) is 16.8 Å². The number of hydrogen-bond donors (Lipinski definition) is 0. The van der Waals surface area contributed by atoms with Crippen molar-refractivity contribution < 1.29 is 13.9 Å². The lowest BCUT2D eigenvalue weighted by Crippen LogP contribution is -2.47. The van der Waals surface area contributed by atoms with Gasteiger partial charge in [-0.3, -0.25) is 9.36 Å². The number of nitrogens with zero attached hydrogens (tertiary/aromatic N) is 2. The summed E-state index contributed by atoms with van der Waals surface area (Å²) in [5.74, 6) is 0.768. The van der Waals surface area contributed by atoms with Gasteiger partial charge in [0.25, 0.3) is 5.56 Å². The summed E-state index contributed by atoms with van der Waals surface area (Å²) >= 11 is 2.13. The summed E-state index contributed by atoms with van der Waals surface area (Å²) in [6, 6.07) is 11.0. The minimum Gasteiger partial charge on any atom is -0.471 e. The predicted molar refractivity (Wildman–Crippen MR) is 135 cm³/mol. The highest BCUT2D eigenvalue weighted by Gasteiger charge is 2.44. The fourth-order valence-electron chi connectivity index (χ4n) is 3.21. The van der Waals surface area contributed by atoms with Gasteiger partial charge in [-0.05, 0) is 46.3 Å². The van der Waals surface area contributed by atoms with Crippen molar-refractivity contribution >= 4 is 30.9 Å². The number of halogens is 1. The average Bonchev–Trinajstić information content (AvgIpc) is 3.12. The summed E-state index contributed by atoms with van der Waals surface area (Å²) in [5, 5.41) is 0.0172. The highest BCUT2D eigenvalue weighted by Crippen LogP contribution is 2.42. The Kier molecular flexibility index (Phi) is 7.84. The molecule has 3 rings (SSSR count). The largest absolute Gasteiger partial charge is 0.471 e. The van der Waals surface area contributed by atoms with Crippen LogP contribution in [0, 0.1) is 0 Å². The Hall–Kier alpha value is -1.69. The summed E-state index contributed by atoms with van der Waals surface area (Å²) in [6.07, 6.45) is 1.11. The van der Waals surface area contributed by atoms with E-state index in [9.17, 15) is 9.59 Å². The first kappa shape index (κ1) is 24.9. The topological polar surface area (TPSA) is 71.7 Å². The number of hydrogen-bond acceptors (Lipinski definition) is 5. The van der Waals surface area contributed by atoms with Crippen LogP contribution in [0.5, 0.6) is 0 Å². The molecule has 1 aliphatic heterocycles. The van der Waals surface area contributed by atoms with Crippen molar-refractivity contribution in [2.75, 3.05) is 0 Å². The molecule has 0 N–H and O–H groups in total. The third kappa shape index (κ3) is 5.62. The van der Waals surface area contributed by atoms with Gasteiger partial charge in [0.2, 0.25) is 6.23 Å². The first-order valence-corrected chi connectivity index (χ1v) is 14.8. The van der Waals surface area contributed by atoms with Gasteiger partial charge < -0.3 is 13.9 Å². The normalized spacial score (nSPS) is 20.5. The molecule has 1 aromatic carbocycles. The van der Waals surface area contributed by atoms with Crippen LogP contribution in [0.4, 0.5) is 0 Å². The molecule has 2 atom stereocenters. The lowest BCUT2D eigenvalue weighted by atomic mass is 10.2. The van der Waals surface area contributed by atoms with Gasteiger partial charge in [-0.2, -0.15) is 0 Å². The molecule has 0 saturated carbocycles. The Morgan fingerprint density at radius 1 is 1.19 bits per heavy atom. The van der Waals surface area contributed by atoms with Crippen LogP contribution in [0.1, 0.15) is 39.0 Å². The maximum atomic E-state index is 13.2. The van der Waals surface area contributed by atoms with Crippen LogP contribution in [0.15, 0.2) is 62.0 Å². The smallest absolute Gasteiger partial charge is 0.335 e. The van der Waals surface area contributed by atoms with Crippen molar-refractivity contribution in [2.45, 2.75) is 71.0 Å². The number of rotatable bonds is 7. The van der Waals surface area contributed by atoms with Gasteiger partial charge >= 0.3 is 5.69 Å². The molecular formula is C23H31IN2O5Si. The summed E-state index contributed by atoms with van der Waals surface area (Å²) < 4.78 is 22.7. The first-order valence-electron chi connectivity index (χ1n) is 10.6. The second-order valence-electron chi connectivity index (χ2n) is 9.44. The van der Waals surface area contributed by atoms with E-state index in [1.807, 2.05) is 34.4 Å². The zero-order chi connectivity index (χ0) is 23.5. The quantitative estimate of drug-likeness (QED) is 0.355. The summed E-state index contributed by atoms with van der Waals surface area (Å²) in [4.78, 5) is 25.6. The van der Waals surface area contributed by atoms with E-state index < -0.39 is 25.8 Å². The lowest BCUT2D eigenvalue weighted by Gasteiger charge is -2.39. The van der Waals surface area contributed by atoms with Crippen LogP contribution in [0.3, 0.4) is 0 Å². The van der Waals surface area contributed by atoms with Gasteiger partial charge in [0.05, 0.1) is 6.61 Å². The third-order valence-corrected chi connectivity index (χ3v) is 11.3. The molecular weight excluding hydrogens is 539 g/mol. The van der Waals surface area contributed by atoms with E-state index >= 15 is 0 Å². The zero-order valence-corrected chi connectivity index (χ0v) is 22.4. The Morgan fingerprint density at radius 3 is 2.50 bits per heavy atom. The van der Waals surface area contributed by atoms with Gasteiger partial charge in [-0.1, -0.05) is 51.1 Å². The summed E-state index contributed by atoms with van der Waals surface area (Å²) in [7, 11) is -2.11. The molecule has 7 nitrogen and oxygen atoms in total. The molecule has 1 fully saturated rings. The van der Waals surface area contributed by atoms with Crippen LogP contribution < -0.4 is 11.2 Å². The zero-order valence-electron chi connectivity index (χ0n) is 19.2. The van der Waals surface area contributed by atoms with E-state index in [0.717, 1.165) is 15.9 Å². The molecule has 9 heteroatoms. The molecule has 174 valence electrons. The summed E-state index contributed by atoms with van der Waals surface area (Å²) in [6.45, 7) is 11.1. The molecule has 0 amide bonds. The minimum atomic E-state index is -2.11. The van der Waals surface area contributed by atoms with Crippen LogP contribution in [-0.2, 0) is 27.2 Å². The lowest BCUT2D eigenvalue weighted by molar-refractivity contribution is 0.00621. The molecule has 0 radical (unpaired) electrons. The van der Waals surface area contributed by atoms with Crippen molar-refractivity contribution in [1.82, 2.24) is 9.13 Å². The van der Waals surface area contributed by atoms with Gasteiger partial charge in [-0.15, -0.1) is 0 Å². The minimum absolute atomic E-state index is 0.0172. The van der Waals surface area contributed by atoms with Crippen LogP contribution >= 0.6 is 22.6 Å². The van der Waals surface area contributed by atoms with Crippen molar-refractivity contribution in [3.05, 3.63) is 78.8 Å². The van der Waals surface area contributed by atoms with E-state index in [4.69, 9.17) is 13.9 Å². The first-order chi connectivity index (χ1) is 15.0. The number of ether oxygens (including phenoxy) is 2.